The van der Waals surface area contributed by atoms with Gasteiger partial charge < -0.3 is 9.47 Å². The first-order valence-corrected chi connectivity index (χ1v) is 9.24. The molecule has 0 amide bonds. The van der Waals surface area contributed by atoms with Gasteiger partial charge in [-0.15, -0.1) is 0 Å². The molecule has 0 spiro atoms. The van der Waals surface area contributed by atoms with E-state index >= 15 is 0 Å². The molecule has 0 bridgehead atoms. The minimum absolute atomic E-state index is 0.187. The molecule has 0 saturated heterocycles. The Labute approximate surface area is 161 Å². The van der Waals surface area contributed by atoms with Gasteiger partial charge in [0, 0.05) is 6.42 Å². The summed E-state index contributed by atoms with van der Waals surface area (Å²) in [4.78, 5) is 0. The Bertz CT molecular complexity index is 1110. The van der Waals surface area contributed by atoms with Crippen LogP contribution < -0.4 is 9.47 Å². The average molecular weight is 378 g/mol. The molecule has 140 valence electrons. The van der Waals surface area contributed by atoms with Crippen LogP contribution in [-0.4, -0.2) is 23.6 Å². The van der Waals surface area contributed by atoms with Crippen LogP contribution in [0.25, 0.3) is 0 Å². The third-order valence-electron chi connectivity index (χ3n) is 5.27. The van der Waals surface area contributed by atoms with Crippen LogP contribution in [-0.2, 0) is 13.0 Å². The fraction of sp³-hybridized carbons (Fsp3) is 0.174. The Morgan fingerprint density at radius 2 is 1.54 bits per heavy atom. The van der Waals surface area contributed by atoms with Gasteiger partial charge in [-0.2, -0.15) is 0 Å². The maximum atomic E-state index is 14.8. The minimum atomic E-state index is -0.304. The van der Waals surface area contributed by atoms with Crippen molar-refractivity contribution in [1.29, 1.82) is 0 Å². The monoisotopic (exact) mass is 378 g/mol. The highest BCUT2D eigenvalue weighted by atomic mass is 19.1. The number of rotatable bonds is 3. The average Bonchev–Trinajstić information content (AvgIpc) is 3.16. The normalized spacial score (nSPS) is 14.9. The number of halogens is 2. The molecule has 0 fully saturated rings. The van der Waals surface area contributed by atoms with E-state index in [9.17, 15) is 8.78 Å². The third kappa shape index (κ3) is 2.83. The summed E-state index contributed by atoms with van der Waals surface area (Å²) in [6, 6.07) is 17.3. The van der Waals surface area contributed by atoms with Crippen molar-refractivity contribution in [2.24, 2.45) is 0 Å². The smallest absolute Gasteiger partial charge is 0.231 e. The van der Waals surface area contributed by atoms with E-state index in [2.05, 4.69) is 0 Å². The zero-order valence-corrected chi connectivity index (χ0v) is 15.1. The highest BCUT2D eigenvalue weighted by molar-refractivity contribution is 6.11. The molecule has 3 nitrogen and oxygen atoms in total. The van der Waals surface area contributed by atoms with Gasteiger partial charge in [-0.05, 0) is 42.0 Å². The lowest BCUT2D eigenvalue weighted by molar-refractivity contribution is -0.544. The summed E-state index contributed by atoms with van der Waals surface area (Å²) in [7, 11) is 0. The predicted molar refractivity (Wildman–Crippen MR) is 101 cm³/mol. The van der Waals surface area contributed by atoms with Crippen molar-refractivity contribution in [3.63, 3.8) is 0 Å². The largest absolute Gasteiger partial charge is 0.454 e. The molecule has 0 N–H and O–H groups in total. The standard InChI is InChI=1S/C23H18F2NO2/c24-19-7-3-1-5-16(19)13-26-10-9-15-11-21-22(28-14-27-21)12-18(15)23(26)17-6-2-4-8-20(17)25/h1-8,11-12H,9-10,13-14H2/q+1. The van der Waals surface area contributed by atoms with Crippen molar-refractivity contribution < 1.29 is 22.8 Å². The van der Waals surface area contributed by atoms with Crippen LogP contribution in [0.3, 0.4) is 0 Å². The van der Waals surface area contributed by atoms with Crippen molar-refractivity contribution in [3.05, 3.63) is 94.6 Å². The molecular weight excluding hydrogens is 360 g/mol. The molecule has 2 heterocycles. The summed E-state index contributed by atoms with van der Waals surface area (Å²) in [5.74, 6) is 0.808. The first kappa shape index (κ1) is 16.9. The van der Waals surface area contributed by atoms with Crippen LogP contribution in [0, 0.1) is 11.6 Å². The van der Waals surface area contributed by atoms with Crippen LogP contribution in [0.5, 0.6) is 11.5 Å². The lowest BCUT2D eigenvalue weighted by Crippen LogP contribution is -2.31. The second-order valence-electron chi connectivity index (χ2n) is 6.95. The summed E-state index contributed by atoms with van der Waals surface area (Å²) in [6.45, 7) is 1.21. The first-order chi connectivity index (χ1) is 13.7. The lowest BCUT2D eigenvalue weighted by Gasteiger charge is -2.20. The van der Waals surface area contributed by atoms with E-state index in [1.165, 1.54) is 12.1 Å². The SMILES string of the molecule is Fc1ccccc1C[N+]1=C(c2ccccc2F)c2cc3c(cc2CC1)OCO3. The van der Waals surface area contributed by atoms with E-state index in [-0.39, 0.29) is 18.4 Å². The second-order valence-corrected chi connectivity index (χ2v) is 6.95. The van der Waals surface area contributed by atoms with E-state index in [1.807, 2.05) is 28.8 Å². The Morgan fingerprint density at radius 3 is 2.32 bits per heavy atom. The Kier molecular flexibility index (Phi) is 4.08. The summed E-state index contributed by atoms with van der Waals surface area (Å²) in [5, 5.41) is 0. The van der Waals surface area contributed by atoms with E-state index in [0.717, 1.165) is 23.3 Å². The van der Waals surface area contributed by atoms with Crippen LogP contribution in [0.2, 0.25) is 0 Å². The molecule has 0 aliphatic carbocycles. The van der Waals surface area contributed by atoms with Gasteiger partial charge in [-0.3, -0.25) is 0 Å². The molecule has 28 heavy (non-hydrogen) atoms. The van der Waals surface area contributed by atoms with Gasteiger partial charge in [0.15, 0.2) is 18.0 Å². The minimum Gasteiger partial charge on any atom is -0.454 e. The Balaban J connectivity index is 1.71. The van der Waals surface area contributed by atoms with Crippen LogP contribution in [0.4, 0.5) is 8.78 Å². The van der Waals surface area contributed by atoms with Gasteiger partial charge >= 0.3 is 0 Å². The second kappa shape index (κ2) is 6.75. The van der Waals surface area contributed by atoms with Crippen LogP contribution >= 0.6 is 0 Å². The maximum Gasteiger partial charge on any atom is 0.231 e. The molecule has 0 saturated carbocycles. The fourth-order valence-electron chi connectivity index (χ4n) is 3.91. The molecule has 2 aliphatic heterocycles. The summed E-state index contributed by atoms with van der Waals surface area (Å²) in [6.07, 6.45) is 0.762. The quantitative estimate of drug-likeness (QED) is 0.634. The molecule has 2 aliphatic rings. The molecule has 3 aromatic rings. The topological polar surface area (TPSA) is 21.5 Å². The number of hydrogen-bond donors (Lipinski definition) is 0. The molecule has 0 unspecified atom stereocenters. The van der Waals surface area contributed by atoms with E-state index < -0.39 is 0 Å². The van der Waals surface area contributed by atoms with Gasteiger partial charge in [0.2, 0.25) is 12.5 Å². The van der Waals surface area contributed by atoms with Crippen molar-refractivity contribution >= 4 is 5.71 Å². The summed E-state index contributed by atoms with van der Waals surface area (Å²) >= 11 is 0. The highest BCUT2D eigenvalue weighted by Gasteiger charge is 2.32. The van der Waals surface area contributed by atoms with Gasteiger partial charge in [0.25, 0.3) is 0 Å². The van der Waals surface area contributed by atoms with E-state index in [4.69, 9.17) is 9.47 Å². The van der Waals surface area contributed by atoms with Crippen molar-refractivity contribution in [2.45, 2.75) is 13.0 Å². The Hall–Kier alpha value is -3.21. The predicted octanol–water partition coefficient (Wildman–Crippen LogP) is 4.30. The van der Waals surface area contributed by atoms with Crippen LogP contribution in [0.1, 0.15) is 22.3 Å². The number of fused-ring (bicyclic) bond motifs is 2. The van der Waals surface area contributed by atoms with E-state index in [0.29, 0.717) is 35.7 Å². The fourth-order valence-corrected chi connectivity index (χ4v) is 3.91. The molecule has 5 heteroatoms. The molecular formula is C23H18F2NO2+. The maximum absolute atomic E-state index is 14.8. The van der Waals surface area contributed by atoms with Crippen molar-refractivity contribution in [3.8, 4) is 11.5 Å². The molecule has 0 atom stereocenters. The third-order valence-corrected chi connectivity index (χ3v) is 5.27. The van der Waals surface area contributed by atoms with Crippen molar-refractivity contribution in [2.75, 3.05) is 13.3 Å². The summed E-state index contributed by atoms with van der Waals surface area (Å²) < 4.78 is 42.1. The number of benzene rings is 3. The Morgan fingerprint density at radius 1 is 0.821 bits per heavy atom. The molecule has 0 aromatic heterocycles. The van der Waals surface area contributed by atoms with Gasteiger partial charge in [0.05, 0.1) is 16.7 Å². The highest BCUT2D eigenvalue weighted by Crippen LogP contribution is 2.37. The number of hydrogen-bond acceptors (Lipinski definition) is 2. The number of ether oxygens (including phenoxy) is 2. The molecule has 3 aromatic carbocycles. The summed E-state index contributed by atoms with van der Waals surface area (Å²) in [5.41, 5.74) is 3.81. The zero-order chi connectivity index (χ0) is 19.1. The van der Waals surface area contributed by atoms with E-state index in [1.54, 1.807) is 24.3 Å². The first-order valence-electron chi connectivity index (χ1n) is 9.24. The lowest BCUT2D eigenvalue weighted by atomic mass is 9.91. The van der Waals surface area contributed by atoms with Gasteiger partial charge in [0.1, 0.15) is 18.2 Å². The van der Waals surface area contributed by atoms with Crippen molar-refractivity contribution in [1.82, 2.24) is 0 Å². The van der Waals surface area contributed by atoms with Gasteiger partial charge in [-0.1, -0.05) is 24.3 Å². The molecule has 0 radical (unpaired) electrons. The number of nitrogens with zero attached hydrogens (tertiary/aromatic N) is 1. The molecule has 5 rings (SSSR count). The van der Waals surface area contributed by atoms with Crippen LogP contribution in [0.15, 0.2) is 60.7 Å². The van der Waals surface area contributed by atoms with Gasteiger partial charge in [-0.25, -0.2) is 13.4 Å². The zero-order valence-electron chi connectivity index (χ0n) is 15.1.